The highest BCUT2D eigenvalue weighted by Gasteiger charge is 2.32. The van der Waals surface area contributed by atoms with E-state index < -0.39 is 0 Å². The Bertz CT molecular complexity index is 766. The van der Waals surface area contributed by atoms with Crippen LogP contribution in [0.5, 0.6) is 0 Å². The highest BCUT2D eigenvalue weighted by Crippen LogP contribution is 2.29. The summed E-state index contributed by atoms with van der Waals surface area (Å²) in [7, 11) is 0. The molecule has 1 amide bonds. The van der Waals surface area contributed by atoms with Gasteiger partial charge in [-0.2, -0.15) is 0 Å². The first-order valence-electron chi connectivity index (χ1n) is 9.86. The van der Waals surface area contributed by atoms with Crippen molar-refractivity contribution in [1.29, 1.82) is 0 Å². The fourth-order valence-corrected chi connectivity index (χ4v) is 3.20. The van der Waals surface area contributed by atoms with Gasteiger partial charge in [0.1, 0.15) is 5.69 Å². The van der Waals surface area contributed by atoms with E-state index in [0.717, 1.165) is 37.1 Å². The van der Waals surface area contributed by atoms with Gasteiger partial charge in [-0.1, -0.05) is 56.3 Å². The van der Waals surface area contributed by atoms with Gasteiger partial charge in [-0.15, -0.1) is 0 Å². The second kappa shape index (κ2) is 10.5. The first-order chi connectivity index (χ1) is 13.6. The Labute approximate surface area is 166 Å². The second-order valence-electron chi connectivity index (χ2n) is 6.61. The van der Waals surface area contributed by atoms with Crippen molar-refractivity contribution < 1.29 is 9.32 Å². The standard InChI is InChI=1S/C19H25N5O2.C2H6/c1-2-16(11-20)24(21)12-13-8-15(9-13)22-19(25)18-10-17(23-26-18)14-6-4-3-5-7-14;1-2/h3-7,10-11,13,15H,2,8-9,12,20-21H2,1H3,(H,22,25);1-2H3/b16-11-;. The number of aromatic nitrogens is 1. The number of benzene rings is 1. The van der Waals surface area contributed by atoms with Gasteiger partial charge < -0.3 is 20.6 Å². The minimum absolute atomic E-state index is 0.137. The molecule has 0 unspecified atom stereocenters. The minimum atomic E-state index is -0.233. The van der Waals surface area contributed by atoms with Gasteiger partial charge in [0.15, 0.2) is 0 Å². The molecule has 1 aromatic heterocycles. The van der Waals surface area contributed by atoms with Crippen molar-refractivity contribution in [2.45, 2.75) is 46.1 Å². The van der Waals surface area contributed by atoms with Crippen molar-refractivity contribution in [1.82, 2.24) is 15.5 Å². The maximum atomic E-state index is 12.3. The molecule has 7 heteroatoms. The summed E-state index contributed by atoms with van der Waals surface area (Å²) in [5, 5.41) is 8.66. The summed E-state index contributed by atoms with van der Waals surface area (Å²) in [5.41, 5.74) is 8.06. The van der Waals surface area contributed by atoms with E-state index in [2.05, 4.69) is 10.5 Å². The lowest BCUT2D eigenvalue weighted by Gasteiger charge is -2.38. The lowest BCUT2D eigenvalue weighted by atomic mass is 9.80. The Morgan fingerprint density at radius 3 is 2.61 bits per heavy atom. The molecule has 2 aromatic rings. The normalized spacial score (nSPS) is 18.5. The van der Waals surface area contributed by atoms with Crippen LogP contribution in [0.2, 0.25) is 0 Å². The molecule has 1 saturated carbocycles. The largest absolute Gasteiger partial charge is 0.403 e. The van der Waals surface area contributed by atoms with E-state index in [4.69, 9.17) is 16.1 Å². The van der Waals surface area contributed by atoms with Crippen LogP contribution in [0, 0.1) is 5.92 Å². The third-order valence-electron chi connectivity index (χ3n) is 4.75. The number of nitrogens with zero attached hydrogens (tertiary/aromatic N) is 2. The molecule has 7 nitrogen and oxygen atoms in total. The van der Waals surface area contributed by atoms with Crippen LogP contribution in [-0.4, -0.2) is 28.7 Å². The highest BCUT2D eigenvalue weighted by molar-refractivity contribution is 5.92. The number of nitrogens with two attached hydrogens (primary N) is 2. The molecule has 28 heavy (non-hydrogen) atoms. The highest BCUT2D eigenvalue weighted by atomic mass is 16.5. The Kier molecular flexibility index (Phi) is 8.07. The molecule has 1 aliphatic rings. The summed E-state index contributed by atoms with van der Waals surface area (Å²) in [6.07, 6.45) is 4.13. The SMILES string of the molecule is CC.CC/C(=C/N)N(N)CC1CC(NC(=O)c2cc(-c3ccccc3)no2)C1. The summed E-state index contributed by atoms with van der Waals surface area (Å²) in [6.45, 7) is 6.76. The zero-order valence-corrected chi connectivity index (χ0v) is 16.9. The molecule has 1 heterocycles. The summed E-state index contributed by atoms with van der Waals surface area (Å²) >= 11 is 0. The van der Waals surface area contributed by atoms with Crippen molar-refractivity contribution in [2.75, 3.05) is 6.54 Å². The number of hydrazine groups is 1. The van der Waals surface area contributed by atoms with E-state index in [-0.39, 0.29) is 17.7 Å². The van der Waals surface area contributed by atoms with Crippen molar-refractivity contribution in [3.05, 3.63) is 54.1 Å². The maximum absolute atomic E-state index is 12.3. The molecule has 1 fully saturated rings. The zero-order valence-electron chi connectivity index (χ0n) is 16.9. The quantitative estimate of drug-likeness (QED) is 0.498. The van der Waals surface area contributed by atoms with Crippen LogP contribution in [0.3, 0.4) is 0 Å². The molecular formula is C21H31N5O2. The Morgan fingerprint density at radius 2 is 2.00 bits per heavy atom. The molecule has 1 aliphatic carbocycles. The number of rotatable bonds is 7. The summed E-state index contributed by atoms with van der Waals surface area (Å²) in [5.74, 6) is 6.46. The Morgan fingerprint density at radius 1 is 1.32 bits per heavy atom. The van der Waals surface area contributed by atoms with E-state index in [9.17, 15) is 4.79 Å². The summed E-state index contributed by atoms with van der Waals surface area (Å²) in [4.78, 5) is 12.3. The summed E-state index contributed by atoms with van der Waals surface area (Å²) < 4.78 is 5.19. The van der Waals surface area contributed by atoms with E-state index in [1.807, 2.05) is 51.1 Å². The molecule has 3 rings (SSSR count). The fraction of sp³-hybridized carbons (Fsp3) is 0.429. The third kappa shape index (κ3) is 5.36. The van der Waals surface area contributed by atoms with Crippen LogP contribution < -0.4 is 16.9 Å². The topological polar surface area (TPSA) is 110 Å². The van der Waals surface area contributed by atoms with Crippen LogP contribution in [-0.2, 0) is 0 Å². The van der Waals surface area contributed by atoms with E-state index in [0.29, 0.717) is 11.6 Å². The number of nitrogens with one attached hydrogen (secondary N) is 1. The molecule has 5 N–H and O–H groups in total. The van der Waals surface area contributed by atoms with E-state index in [1.54, 1.807) is 17.3 Å². The first kappa shape index (κ1) is 21.5. The number of carbonyl (C=O) groups excluding carboxylic acids is 1. The molecule has 0 saturated heterocycles. The minimum Gasteiger partial charge on any atom is -0.403 e. The Hall–Kier alpha value is -2.80. The van der Waals surface area contributed by atoms with Crippen LogP contribution in [0.15, 0.2) is 52.8 Å². The van der Waals surface area contributed by atoms with Crippen LogP contribution in [0.1, 0.15) is 50.6 Å². The van der Waals surface area contributed by atoms with Gasteiger partial charge in [-0.25, -0.2) is 5.84 Å². The van der Waals surface area contributed by atoms with Gasteiger partial charge in [0.2, 0.25) is 5.76 Å². The van der Waals surface area contributed by atoms with Gasteiger partial charge in [0.25, 0.3) is 5.91 Å². The fourth-order valence-electron chi connectivity index (χ4n) is 3.20. The smallest absolute Gasteiger partial charge is 0.290 e. The second-order valence-corrected chi connectivity index (χ2v) is 6.61. The monoisotopic (exact) mass is 385 g/mol. The molecule has 152 valence electrons. The average molecular weight is 386 g/mol. The molecule has 1 aromatic carbocycles. The van der Waals surface area contributed by atoms with Crippen LogP contribution in [0.4, 0.5) is 0 Å². The molecule has 0 radical (unpaired) electrons. The van der Waals surface area contributed by atoms with Crippen molar-refractivity contribution >= 4 is 5.91 Å². The van der Waals surface area contributed by atoms with Gasteiger partial charge in [0.05, 0.1) is 0 Å². The molecular weight excluding hydrogens is 354 g/mol. The van der Waals surface area contributed by atoms with Gasteiger partial charge >= 0.3 is 0 Å². The Balaban J connectivity index is 0.00000136. The first-order valence-corrected chi connectivity index (χ1v) is 9.86. The lowest BCUT2D eigenvalue weighted by molar-refractivity contribution is 0.0833. The van der Waals surface area contributed by atoms with E-state index in [1.165, 1.54) is 0 Å². The third-order valence-corrected chi connectivity index (χ3v) is 4.75. The van der Waals surface area contributed by atoms with Crippen molar-refractivity contribution in [3.63, 3.8) is 0 Å². The molecule has 0 bridgehead atoms. The van der Waals surface area contributed by atoms with Crippen LogP contribution in [0.25, 0.3) is 11.3 Å². The number of amides is 1. The van der Waals surface area contributed by atoms with Gasteiger partial charge in [-0.3, -0.25) is 4.79 Å². The lowest BCUT2D eigenvalue weighted by Crippen LogP contribution is -2.48. The maximum Gasteiger partial charge on any atom is 0.290 e. The number of hydrogen-bond acceptors (Lipinski definition) is 6. The number of allylic oxidation sites excluding steroid dienone is 1. The van der Waals surface area contributed by atoms with E-state index >= 15 is 0 Å². The zero-order chi connectivity index (χ0) is 20.5. The average Bonchev–Trinajstić information content (AvgIpc) is 3.20. The summed E-state index contributed by atoms with van der Waals surface area (Å²) in [6, 6.07) is 11.4. The van der Waals surface area contributed by atoms with Crippen molar-refractivity contribution in [2.24, 2.45) is 17.5 Å². The molecule has 0 atom stereocenters. The number of hydrogen-bond donors (Lipinski definition) is 3. The predicted octanol–water partition coefficient (Wildman–Crippen LogP) is 3.26. The van der Waals surface area contributed by atoms with Crippen LogP contribution >= 0.6 is 0 Å². The molecule has 0 spiro atoms. The van der Waals surface area contributed by atoms with Crippen molar-refractivity contribution in [3.8, 4) is 11.3 Å². The number of carbonyl (C=O) groups is 1. The van der Waals surface area contributed by atoms with Gasteiger partial charge in [-0.05, 0) is 25.2 Å². The molecule has 0 aliphatic heterocycles. The van der Waals surface area contributed by atoms with Gasteiger partial charge in [0, 0.05) is 36.1 Å². The predicted molar refractivity (Wildman–Crippen MR) is 111 cm³/mol.